The molecular formula is C13H15BrN4. The van der Waals surface area contributed by atoms with Gasteiger partial charge in [0, 0.05) is 22.8 Å². The highest BCUT2D eigenvalue weighted by Gasteiger charge is 2.01. The standard InChI is InChI=1S/C13H15BrN4/c1-3-15-12-8-13(17-9(2)16-12)18-11-6-4-10(14)5-7-11/h4-8H,3H2,1-2H3,(H2,15,16,17,18). The second-order valence-electron chi connectivity index (χ2n) is 3.85. The predicted octanol–water partition coefficient (Wildman–Crippen LogP) is 3.72. The molecule has 0 saturated heterocycles. The van der Waals surface area contributed by atoms with E-state index in [1.807, 2.05) is 44.2 Å². The van der Waals surface area contributed by atoms with Crippen LogP contribution in [0.25, 0.3) is 0 Å². The van der Waals surface area contributed by atoms with Gasteiger partial charge in [0.2, 0.25) is 0 Å². The molecule has 4 nitrogen and oxygen atoms in total. The van der Waals surface area contributed by atoms with E-state index in [0.29, 0.717) is 0 Å². The summed E-state index contributed by atoms with van der Waals surface area (Å²) in [5.74, 6) is 2.37. The van der Waals surface area contributed by atoms with E-state index in [2.05, 4.69) is 36.5 Å². The molecule has 2 N–H and O–H groups in total. The van der Waals surface area contributed by atoms with Crippen LogP contribution in [-0.2, 0) is 0 Å². The van der Waals surface area contributed by atoms with E-state index in [4.69, 9.17) is 0 Å². The average Bonchev–Trinajstić information content (AvgIpc) is 2.32. The Labute approximate surface area is 115 Å². The van der Waals surface area contributed by atoms with Crippen molar-refractivity contribution >= 4 is 33.3 Å². The topological polar surface area (TPSA) is 49.8 Å². The van der Waals surface area contributed by atoms with Crippen LogP contribution >= 0.6 is 15.9 Å². The number of nitrogens with zero attached hydrogens (tertiary/aromatic N) is 2. The van der Waals surface area contributed by atoms with E-state index >= 15 is 0 Å². The zero-order valence-corrected chi connectivity index (χ0v) is 12.0. The Morgan fingerprint density at radius 2 is 1.78 bits per heavy atom. The Bertz CT molecular complexity index is 525. The van der Waals surface area contributed by atoms with Crippen LogP contribution in [0, 0.1) is 6.92 Å². The Kier molecular flexibility index (Phi) is 4.15. The third-order valence-corrected chi connectivity index (χ3v) is 2.84. The molecule has 0 aliphatic carbocycles. The highest BCUT2D eigenvalue weighted by Crippen LogP contribution is 2.19. The number of aryl methyl sites for hydroxylation is 1. The lowest BCUT2D eigenvalue weighted by Gasteiger charge is -2.09. The van der Waals surface area contributed by atoms with E-state index < -0.39 is 0 Å². The third-order valence-electron chi connectivity index (χ3n) is 2.31. The van der Waals surface area contributed by atoms with Crippen molar-refractivity contribution in [2.45, 2.75) is 13.8 Å². The zero-order valence-electron chi connectivity index (χ0n) is 10.4. The van der Waals surface area contributed by atoms with Gasteiger partial charge in [-0.15, -0.1) is 0 Å². The van der Waals surface area contributed by atoms with Crippen molar-refractivity contribution < 1.29 is 0 Å². The maximum atomic E-state index is 4.36. The van der Waals surface area contributed by atoms with Crippen LogP contribution in [0.2, 0.25) is 0 Å². The quantitative estimate of drug-likeness (QED) is 0.904. The van der Waals surface area contributed by atoms with Gasteiger partial charge in [0.1, 0.15) is 17.5 Å². The van der Waals surface area contributed by atoms with E-state index in [0.717, 1.165) is 34.2 Å². The van der Waals surface area contributed by atoms with Crippen LogP contribution in [0.15, 0.2) is 34.8 Å². The van der Waals surface area contributed by atoms with Gasteiger partial charge < -0.3 is 10.6 Å². The average molecular weight is 307 g/mol. The van der Waals surface area contributed by atoms with Gasteiger partial charge in [-0.25, -0.2) is 9.97 Å². The first kappa shape index (κ1) is 12.8. The number of halogens is 1. The third kappa shape index (κ3) is 3.43. The van der Waals surface area contributed by atoms with E-state index in [1.165, 1.54) is 0 Å². The molecule has 0 amide bonds. The summed E-state index contributed by atoms with van der Waals surface area (Å²) in [4.78, 5) is 8.67. The second-order valence-corrected chi connectivity index (χ2v) is 4.76. The Morgan fingerprint density at radius 1 is 1.11 bits per heavy atom. The molecular weight excluding hydrogens is 292 g/mol. The maximum absolute atomic E-state index is 4.36. The predicted molar refractivity (Wildman–Crippen MR) is 78.4 cm³/mol. The molecule has 1 heterocycles. The van der Waals surface area contributed by atoms with E-state index in [9.17, 15) is 0 Å². The summed E-state index contributed by atoms with van der Waals surface area (Å²) < 4.78 is 1.06. The number of anilines is 3. The minimum absolute atomic E-state index is 0.744. The van der Waals surface area contributed by atoms with Gasteiger partial charge in [-0.1, -0.05) is 15.9 Å². The molecule has 0 spiro atoms. The van der Waals surface area contributed by atoms with Crippen molar-refractivity contribution in [3.8, 4) is 0 Å². The summed E-state index contributed by atoms with van der Waals surface area (Å²) in [6.45, 7) is 4.76. The first-order chi connectivity index (χ1) is 8.67. The molecule has 0 bridgehead atoms. The smallest absolute Gasteiger partial charge is 0.136 e. The molecule has 0 unspecified atom stereocenters. The van der Waals surface area contributed by atoms with Crippen molar-refractivity contribution in [1.29, 1.82) is 0 Å². The zero-order chi connectivity index (χ0) is 13.0. The first-order valence-electron chi connectivity index (χ1n) is 5.79. The number of benzene rings is 1. The fraction of sp³-hybridized carbons (Fsp3) is 0.231. The van der Waals surface area contributed by atoms with Crippen molar-refractivity contribution in [3.63, 3.8) is 0 Å². The van der Waals surface area contributed by atoms with Gasteiger partial charge in [-0.3, -0.25) is 0 Å². The number of hydrogen-bond acceptors (Lipinski definition) is 4. The number of nitrogens with one attached hydrogen (secondary N) is 2. The summed E-state index contributed by atoms with van der Waals surface area (Å²) in [6.07, 6.45) is 0. The first-order valence-corrected chi connectivity index (χ1v) is 6.59. The van der Waals surface area contributed by atoms with Gasteiger partial charge in [0.25, 0.3) is 0 Å². The van der Waals surface area contributed by atoms with Gasteiger partial charge in [-0.2, -0.15) is 0 Å². The highest BCUT2D eigenvalue weighted by molar-refractivity contribution is 9.10. The summed E-state index contributed by atoms with van der Waals surface area (Å²) in [5, 5.41) is 6.44. The lowest BCUT2D eigenvalue weighted by Crippen LogP contribution is -2.04. The van der Waals surface area contributed by atoms with Crippen LogP contribution in [0.3, 0.4) is 0 Å². The van der Waals surface area contributed by atoms with Crippen LogP contribution in [0.5, 0.6) is 0 Å². The minimum atomic E-state index is 0.744. The summed E-state index contributed by atoms with van der Waals surface area (Å²) in [6, 6.07) is 9.87. The summed E-state index contributed by atoms with van der Waals surface area (Å²) in [5.41, 5.74) is 0.999. The Hall–Kier alpha value is -1.62. The molecule has 1 aromatic carbocycles. The van der Waals surface area contributed by atoms with Gasteiger partial charge in [0.05, 0.1) is 0 Å². The molecule has 94 valence electrons. The van der Waals surface area contributed by atoms with Crippen LogP contribution < -0.4 is 10.6 Å². The fourth-order valence-electron chi connectivity index (χ4n) is 1.58. The molecule has 0 aliphatic heterocycles. The molecule has 18 heavy (non-hydrogen) atoms. The van der Waals surface area contributed by atoms with Gasteiger partial charge in [-0.05, 0) is 38.1 Å². The van der Waals surface area contributed by atoms with Crippen molar-refractivity contribution in [2.75, 3.05) is 17.2 Å². The molecule has 0 saturated carbocycles. The normalized spacial score (nSPS) is 10.2. The van der Waals surface area contributed by atoms with Crippen molar-refractivity contribution in [1.82, 2.24) is 9.97 Å². The monoisotopic (exact) mass is 306 g/mol. The lowest BCUT2D eigenvalue weighted by molar-refractivity contribution is 1.04. The summed E-state index contributed by atoms with van der Waals surface area (Å²) in [7, 11) is 0. The lowest BCUT2D eigenvalue weighted by atomic mass is 10.3. The van der Waals surface area contributed by atoms with Crippen LogP contribution in [0.1, 0.15) is 12.7 Å². The largest absolute Gasteiger partial charge is 0.370 e. The van der Waals surface area contributed by atoms with Gasteiger partial charge in [0.15, 0.2) is 0 Å². The molecule has 5 heteroatoms. The summed E-state index contributed by atoms with van der Waals surface area (Å²) >= 11 is 3.41. The minimum Gasteiger partial charge on any atom is -0.370 e. The fourth-order valence-corrected chi connectivity index (χ4v) is 1.85. The van der Waals surface area contributed by atoms with E-state index in [-0.39, 0.29) is 0 Å². The molecule has 0 aliphatic rings. The Morgan fingerprint density at radius 3 is 2.44 bits per heavy atom. The molecule has 0 atom stereocenters. The van der Waals surface area contributed by atoms with Crippen LogP contribution in [0.4, 0.5) is 17.3 Å². The number of hydrogen-bond donors (Lipinski definition) is 2. The molecule has 1 aromatic heterocycles. The van der Waals surface area contributed by atoms with E-state index in [1.54, 1.807) is 0 Å². The van der Waals surface area contributed by atoms with Crippen LogP contribution in [-0.4, -0.2) is 16.5 Å². The molecule has 0 radical (unpaired) electrons. The number of rotatable bonds is 4. The maximum Gasteiger partial charge on any atom is 0.136 e. The molecule has 2 rings (SSSR count). The van der Waals surface area contributed by atoms with Crippen molar-refractivity contribution in [3.05, 3.63) is 40.6 Å². The Balaban J connectivity index is 2.20. The van der Waals surface area contributed by atoms with Crippen molar-refractivity contribution in [2.24, 2.45) is 0 Å². The highest BCUT2D eigenvalue weighted by atomic mass is 79.9. The molecule has 0 fully saturated rings. The molecule has 2 aromatic rings. The second kappa shape index (κ2) is 5.82. The van der Waals surface area contributed by atoms with Gasteiger partial charge >= 0.3 is 0 Å². The number of aromatic nitrogens is 2. The SMILES string of the molecule is CCNc1cc(Nc2ccc(Br)cc2)nc(C)n1.